The normalized spacial score (nSPS) is 24.2. The van der Waals surface area contributed by atoms with Crippen molar-refractivity contribution in [2.45, 2.75) is 63.4 Å². The molecule has 6 heteroatoms. The van der Waals surface area contributed by atoms with Crippen molar-refractivity contribution in [3.8, 4) is 0 Å². The Hall–Kier alpha value is -0.853. The minimum atomic E-state index is -4.43. The molecule has 0 amide bonds. The Labute approximate surface area is 130 Å². The Morgan fingerprint density at radius 3 is 2.09 bits per heavy atom. The molecule has 0 N–H and O–H groups in total. The van der Waals surface area contributed by atoms with E-state index in [1.807, 2.05) is 39.9 Å². The fourth-order valence-electron chi connectivity index (χ4n) is 2.08. The van der Waals surface area contributed by atoms with Gasteiger partial charge in [-0.25, -0.2) is 0 Å². The van der Waals surface area contributed by atoms with Crippen LogP contribution < -0.4 is 0 Å². The SMILES string of the molecule is CC(C)(C)[Si](C)(C)O[C@H]([C@@H]1O[C@H]1c1ccccc1)C(F)(F)F. The monoisotopic (exact) mass is 332 g/mol. The Morgan fingerprint density at radius 1 is 1.09 bits per heavy atom. The maximum absolute atomic E-state index is 13.4. The highest BCUT2D eigenvalue weighted by Crippen LogP contribution is 2.49. The van der Waals surface area contributed by atoms with E-state index < -0.39 is 32.8 Å². The fraction of sp³-hybridized carbons (Fsp3) is 0.625. The maximum Gasteiger partial charge on any atom is 0.416 e. The van der Waals surface area contributed by atoms with Crippen LogP contribution in [0, 0.1) is 0 Å². The molecule has 0 saturated carbocycles. The van der Waals surface area contributed by atoms with E-state index in [2.05, 4.69) is 0 Å². The van der Waals surface area contributed by atoms with E-state index in [-0.39, 0.29) is 5.04 Å². The topological polar surface area (TPSA) is 21.8 Å². The van der Waals surface area contributed by atoms with Crippen molar-refractivity contribution in [1.82, 2.24) is 0 Å². The van der Waals surface area contributed by atoms with Gasteiger partial charge in [-0.3, -0.25) is 0 Å². The molecule has 0 aromatic heterocycles. The number of rotatable bonds is 4. The van der Waals surface area contributed by atoms with Gasteiger partial charge >= 0.3 is 6.18 Å². The molecule has 22 heavy (non-hydrogen) atoms. The molecule has 0 unspecified atom stereocenters. The number of epoxide rings is 1. The Kier molecular flexibility index (Phi) is 4.50. The standard InChI is InChI=1S/C16H23F3O2Si/c1-15(2,3)22(4,5)21-14(16(17,18)19)13-12(20-13)11-9-7-6-8-10-11/h6-10,12-14H,1-5H3/t12-,13+,14+/m0/s1. The zero-order valence-electron chi connectivity index (χ0n) is 13.6. The zero-order chi connectivity index (χ0) is 16.8. The number of ether oxygens (including phenoxy) is 1. The van der Waals surface area contributed by atoms with Gasteiger partial charge in [-0.1, -0.05) is 51.1 Å². The van der Waals surface area contributed by atoms with Gasteiger partial charge in [-0.15, -0.1) is 0 Å². The average molecular weight is 332 g/mol. The first-order valence-electron chi connectivity index (χ1n) is 7.38. The van der Waals surface area contributed by atoms with Crippen LogP contribution >= 0.6 is 0 Å². The average Bonchev–Trinajstić information content (AvgIpc) is 3.14. The van der Waals surface area contributed by atoms with Crippen LogP contribution in [0.2, 0.25) is 18.1 Å². The minimum absolute atomic E-state index is 0.284. The molecule has 2 rings (SSSR count). The molecule has 0 aliphatic carbocycles. The van der Waals surface area contributed by atoms with E-state index in [9.17, 15) is 13.2 Å². The summed E-state index contributed by atoms with van der Waals surface area (Å²) in [6, 6.07) is 8.99. The summed E-state index contributed by atoms with van der Waals surface area (Å²) in [5.74, 6) is 0. The highest BCUT2D eigenvalue weighted by molar-refractivity contribution is 6.74. The summed E-state index contributed by atoms with van der Waals surface area (Å²) in [4.78, 5) is 0. The number of halogens is 3. The maximum atomic E-state index is 13.4. The molecule has 0 spiro atoms. The summed E-state index contributed by atoms with van der Waals surface area (Å²) in [6.45, 7) is 9.43. The van der Waals surface area contributed by atoms with Gasteiger partial charge in [0.25, 0.3) is 0 Å². The van der Waals surface area contributed by atoms with Crippen molar-refractivity contribution in [3.63, 3.8) is 0 Å². The summed E-state index contributed by atoms with van der Waals surface area (Å²) in [6.07, 6.45) is -7.77. The lowest BCUT2D eigenvalue weighted by atomic mass is 10.1. The number of alkyl halides is 3. The lowest BCUT2D eigenvalue weighted by Crippen LogP contribution is -2.50. The number of hydrogen-bond donors (Lipinski definition) is 0. The largest absolute Gasteiger partial charge is 0.416 e. The molecule has 1 aliphatic heterocycles. The second-order valence-electron chi connectivity index (χ2n) is 7.27. The number of hydrogen-bond acceptors (Lipinski definition) is 2. The van der Waals surface area contributed by atoms with E-state index in [4.69, 9.17) is 9.16 Å². The number of benzene rings is 1. The lowest BCUT2D eigenvalue weighted by molar-refractivity contribution is -0.203. The van der Waals surface area contributed by atoms with Crippen LogP contribution in [0.1, 0.15) is 32.4 Å². The van der Waals surface area contributed by atoms with Gasteiger partial charge in [-0.05, 0) is 23.7 Å². The summed E-state index contributed by atoms with van der Waals surface area (Å²) >= 11 is 0. The predicted octanol–water partition coefficient (Wildman–Crippen LogP) is 5.08. The third kappa shape index (κ3) is 3.72. The first-order valence-corrected chi connectivity index (χ1v) is 10.3. The summed E-state index contributed by atoms with van der Waals surface area (Å²) < 4.78 is 51.3. The minimum Gasteiger partial charge on any atom is -0.403 e. The van der Waals surface area contributed by atoms with Crippen LogP contribution in [0.25, 0.3) is 0 Å². The quantitative estimate of drug-likeness (QED) is 0.566. The Bertz CT molecular complexity index is 508. The fourth-order valence-corrected chi connectivity index (χ4v) is 3.34. The molecule has 1 fully saturated rings. The van der Waals surface area contributed by atoms with E-state index in [0.29, 0.717) is 0 Å². The van der Waals surface area contributed by atoms with Crippen LogP contribution in [0.5, 0.6) is 0 Å². The lowest BCUT2D eigenvalue weighted by Gasteiger charge is -2.39. The molecule has 1 aliphatic rings. The summed E-state index contributed by atoms with van der Waals surface area (Å²) in [5.41, 5.74) is 0.764. The molecular weight excluding hydrogens is 309 g/mol. The molecule has 0 bridgehead atoms. The van der Waals surface area contributed by atoms with Crippen LogP contribution in [-0.4, -0.2) is 26.7 Å². The van der Waals surface area contributed by atoms with Gasteiger partial charge in [0.2, 0.25) is 0 Å². The summed E-state index contributed by atoms with van der Waals surface area (Å²) in [7, 11) is -2.53. The molecular formula is C16H23F3O2Si. The molecule has 1 aromatic carbocycles. The van der Waals surface area contributed by atoms with Crippen LogP contribution in [0.15, 0.2) is 30.3 Å². The van der Waals surface area contributed by atoms with Crippen molar-refractivity contribution < 1.29 is 22.3 Å². The highest BCUT2D eigenvalue weighted by atomic mass is 28.4. The first kappa shape index (κ1) is 17.5. The third-order valence-corrected chi connectivity index (χ3v) is 8.96. The summed E-state index contributed by atoms with van der Waals surface area (Å²) in [5, 5.41) is -0.284. The first-order chi connectivity index (χ1) is 9.93. The predicted molar refractivity (Wildman–Crippen MR) is 82.2 cm³/mol. The van der Waals surface area contributed by atoms with E-state index in [1.165, 1.54) is 0 Å². The highest BCUT2D eigenvalue weighted by Gasteiger charge is 2.59. The second-order valence-corrected chi connectivity index (χ2v) is 12.0. The van der Waals surface area contributed by atoms with Crippen molar-refractivity contribution in [1.29, 1.82) is 0 Å². The van der Waals surface area contributed by atoms with Gasteiger partial charge in [0.1, 0.15) is 12.2 Å². The van der Waals surface area contributed by atoms with Gasteiger partial charge in [0.15, 0.2) is 14.4 Å². The van der Waals surface area contributed by atoms with E-state index in [0.717, 1.165) is 5.56 Å². The van der Waals surface area contributed by atoms with Gasteiger partial charge < -0.3 is 9.16 Å². The molecule has 1 heterocycles. The van der Waals surface area contributed by atoms with Gasteiger partial charge in [-0.2, -0.15) is 13.2 Å². The van der Waals surface area contributed by atoms with E-state index >= 15 is 0 Å². The van der Waals surface area contributed by atoms with E-state index in [1.54, 1.807) is 24.3 Å². The van der Waals surface area contributed by atoms with Crippen molar-refractivity contribution in [3.05, 3.63) is 35.9 Å². The Morgan fingerprint density at radius 2 is 1.64 bits per heavy atom. The molecule has 2 nitrogen and oxygen atoms in total. The van der Waals surface area contributed by atoms with Crippen molar-refractivity contribution >= 4 is 8.32 Å². The van der Waals surface area contributed by atoms with Crippen LogP contribution in [-0.2, 0) is 9.16 Å². The van der Waals surface area contributed by atoms with Crippen LogP contribution in [0.3, 0.4) is 0 Å². The molecule has 1 aromatic rings. The zero-order valence-corrected chi connectivity index (χ0v) is 14.6. The van der Waals surface area contributed by atoms with Crippen molar-refractivity contribution in [2.24, 2.45) is 0 Å². The van der Waals surface area contributed by atoms with Crippen molar-refractivity contribution in [2.75, 3.05) is 0 Å². The molecule has 1 saturated heterocycles. The molecule has 3 atom stereocenters. The molecule has 124 valence electrons. The Balaban J connectivity index is 2.17. The van der Waals surface area contributed by atoms with Crippen LogP contribution in [0.4, 0.5) is 13.2 Å². The smallest absolute Gasteiger partial charge is 0.403 e. The second kappa shape index (κ2) is 5.65. The van der Waals surface area contributed by atoms with Gasteiger partial charge in [0, 0.05) is 0 Å². The van der Waals surface area contributed by atoms with Gasteiger partial charge in [0.05, 0.1) is 0 Å². The molecule has 0 radical (unpaired) electrons. The third-order valence-electron chi connectivity index (χ3n) is 4.50.